The normalized spacial score (nSPS) is 43.7. The molecule has 0 aromatic heterocycles. The zero-order chi connectivity index (χ0) is 36.1. The molecule has 51 heavy (non-hydrogen) atoms. The number of hydrogen-bond acceptors (Lipinski definition) is 5. The van der Waals surface area contributed by atoms with Gasteiger partial charge in [-0.15, -0.1) is 0 Å². The van der Waals surface area contributed by atoms with Gasteiger partial charge in [0.05, 0.1) is 24.4 Å². The predicted octanol–water partition coefficient (Wildman–Crippen LogP) is 6.89. The van der Waals surface area contributed by atoms with Crippen LogP contribution in [0.25, 0.3) is 0 Å². The summed E-state index contributed by atoms with van der Waals surface area (Å²) in [5.41, 5.74) is 1.93. The fourth-order valence-corrected chi connectivity index (χ4v) is 14.1. The lowest BCUT2D eigenvalue weighted by Crippen LogP contribution is -2.59. The molecule has 8 unspecified atom stereocenters. The Bertz CT molecular complexity index is 1650. The van der Waals surface area contributed by atoms with Gasteiger partial charge in [0.25, 0.3) is 0 Å². The summed E-state index contributed by atoms with van der Waals surface area (Å²) in [7, 11) is 0. The van der Waals surface area contributed by atoms with E-state index in [9.17, 15) is 19.8 Å². The van der Waals surface area contributed by atoms with Crippen LogP contribution in [-0.4, -0.2) is 57.4 Å². The number of nitrogens with one attached hydrogen (secondary N) is 1. The van der Waals surface area contributed by atoms with E-state index in [-0.39, 0.29) is 56.8 Å². The Balaban J connectivity index is 1.11. The monoisotopic (exact) mass is 696 g/mol. The molecule has 6 aliphatic rings. The van der Waals surface area contributed by atoms with Crippen molar-refractivity contribution in [3.05, 3.63) is 71.8 Å². The SMILES string of the molecule is CC(=O)N(Cc1ccccc1)C(C(=O)NCc1ccccc1)C1C[C@@H](C)[C@H]2C(O1)[C@H](O)[C@@]1(C)C3CC[C@H]4C(C)(C)C(O)CCC45CC35CCC21C. The number of aliphatic hydroxyl groups is 2. The summed E-state index contributed by atoms with van der Waals surface area (Å²) in [6.45, 7) is 14.0. The number of fused-ring (bicyclic) bond motifs is 4. The van der Waals surface area contributed by atoms with Crippen LogP contribution in [-0.2, 0) is 27.4 Å². The molecule has 1 heterocycles. The Kier molecular flexibility index (Phi) is 8.40. The molecule has 276 valence electrons. The number of benzene rings is 2. The Morgan fingerprint density at radius 3 is 2.18 bits per heavy atom. The molecule has 0 radical (unpaired) electrons. The second-order valence-corrected chi connectivity index (χ2v) is 18.9. The maximum atomic E-state index is 14.4. The molecule has 1 saturated heterocycles. The van der Waals surface area contributed by atoms with Crippen molar-refractivity contribution in [3.8, 4) is 0 Å². The van der Waals surface area contributed by atoms with Gasteiger partial charge < -0.3 is 25.2 Å². The summed E-state index contributed by atoms with van der Waals surface area (Å²) in [5.74, 6) is 0.897. The minimum absolute atomic E-state index is 0.0834. The van der Waals surface area contributed by atoms with E-state index < -0.39 is 24.4 Å². The third-order valence-corrected chi connectivity index (χ3v) is 16.7. The summed E-state index contributed by atoms with van der Waals surface area (Å²) in [4.78, 5) is 29.6. The molecule has 7 nitrogen and oxygen atoms in total. The van der Waals surface area contributed by atoms with E-state index in [1.165, 1.54) is 12.8 Å². The van der Waals surface area contributed by atoms with Gasteiger partial charge in [0.1, 0.15) is 6.04 Å². The van der Waals surface area contributed by atoms with Crippen molar-refractivity contribution in [1.29, 1.82) is 0 Å². The van der Waals surface area contributed by atoms with E-state index in [0.29, 0.717) is 31.3 Å². The van der Waals surface area contributed by atoms with Gasteiger partial charge in [-0.25, -0.2) is 0 Å². The third-order valence-electron chi connectivity index (χ3n) is 16.7. The van der Waals surface area contributed by atoms with Crippen LogP contribution in [0.15, 0.2) is 60.7 Å². The summed E-state index contributed by atoms with van der Waals surface area (Å²) >= 11 is 0. The van der Waals surface area contributed by atoms with Gasteiger partial charge in [0.15, 0.2) is 0 Å². The molecule has 5 saturated carbocycles. The second kappa shape index (κ2) is 12.1. The lowest BCUT2D eigenvalue weighted by molar-refractivity contribution is -0.183. The van der Waals surface area contributed by atoms with Gasteiger partial charge >= 0.3 is 0 Å². The summed E-state index contributed by atoms with van der Waals surface area (Å²) in [5, 5.41) is 27.1. The first-order chi connectivity index (χ1) is 24.2. The lowest BCUT2D eigenvalue weighted by atomic mass is 9.41. The van der Waals surface area contributed by atoms with Gasteiger partial charge in [-0.2, -0.15) is 0 Å². The Hall–Kier alpha value is -2.74. The number of amides is 2. The minimum atomic E-state index is -0.838. The van der Waals surface area contributed by atoms with Crippen molar-refractivity contribution in [2.24, 2.45) is 50.7 Å². The number of hydrogen-bond donors (Lipinski definition) is 3. The molecular formula is C44H60N2O5. The number of nitrogens with zero attached hydrogens (tertiary/aromatic N) is 1. The quantitative estimate of drug-likeness (QED) is 0.293. The summed E-state index contributed by atoms with van der Waals surface area (Å²) in [6, 6.07) is 18.9. The number of carbonyl (C=O) groups is 2. The van der Waals surface area contributed by atoms with Crippen molar-refractivity contribution in [1.82, 2.24) is 10.2 Å². The highest BCUT2D eigenvalue weighted by molar-refractivity contribution is 5.87. The molecular weight excluding hydrogens is 636 g/mol. The van der Waals surface area contributed by atoms with Crippen molar-refractivity contribution in [3.63, 3.8) is 0 Å². The van der Waals surface area contributed by atoms with Crippen LogP contribution in [0.1, 0.15) is 104 Å². The Morgan fingerprint density at radius 2 is 1.51 bits per heavy atom. The highest BCUT2D eigenvalue weighted by Crippen LogP contribution is 2.89. The second-order valence-electron chi connectivity index (χ2n) is 18.9. The maximum Gasteiger partial charge on any atom is 0.245 e. The van der Waals surface area contributed by atoms with Crippen LogP contribution in [0.2, 0.25) is 0 Å². The van der Waals surface area contributed by atoms with Crippen LogP contribution >= 0.6 is 0 Å². The molecule has 2 spiro atoms. The van der Waals surface area contributed by atoms with Crippen LogP contribution in [0.3, 0.4) is 0 Å². The van der Waals surface area contributed by atoms with Gasteiger partial charge in [-0.3, -0.25) is 9.59 Å². The molecule has 2 aromatic carbocycles. The molecule has 7 heteroatoms. The van der Waals surface area contributed by atoms with Gasteiger partial charge in [-0.1, -0.05) is 95.3 Å². The largest absolute Gasteiger partial charge is 0.393 e. The van der Waals surface area contributed by atoms with Crippen LogP contribution < -0.4 is 5.32 Å². The fraction of sp³-hybridized carbons (Fsp3) is 0.682. The van der Waals surface area contributed by atoms with E-state index in [4.69, 9.17) is 4.74 Å². The van der Waals surface area contributed by atoms with E-state index in [1.807, 2.05) is 60.7 Å². The summed E-state index contributed by atoms with van der Waals surface area (Å²) < 4.78 is 7.16. The standard InChI is InChI=1S/C44H60N2O5/c1-27-23-31(36(39(50)45-24-29-13-9-7-10-14-29)46(28(2)47)25-30-15-11-8-12-16-30)51-37-35(27)41(5)21-22-44-26-43(44)20-19-34(48)40(3,4)32(43)17-18-33(44)42(41,6)38(37)49/h7-16,27,31-38,48-49H,17-26H2,1-6H3,(H,45,50)/t27-,31?,32+,33?,34?,35+,36?,37?,38+,41?,42-,43?,44?/m1/s1. The molecule has 2 aromatic rings. The van der Waals surface area contributed by atoms with Crippen LogP contribution in [0, 0.1) is 50.7 Å². The molecule has 3 N–H and O–H groups in total. The predicted molar refractivity (Wildman–Crippen MR) is 197 cm³/mol. The van der Waals surface area contributed by atoms with Crippen LogP contribution in [0.4, 0.5) is 0 Å². The number of aliphatic hydroxyl groups excluding tert-OH is 2. The van der Waals surface area contributed by atoms with E-state index >= 15 is 0 Å². The number of ether oxygens (including phenoxy) is 1. The average molecular weight is 697 g/mol. The lowest BCUT2D eigenvalue weighted by Gasteiger charge is -2.63. The van der Waals surface area contributed by atoms with E-state index in [1.54, 1.807) is 11.8 Å². The molecule has 13 atom stereocenters. The molecule has 8 rings (SSSR count). The van der Waals surface area contributed by atoms with Crippen molar-refractivity contribution in [2.75, 3.05) is 0 Å². The highest BCUT2D eigenvalue weighted by atomic mass is 16.5. The maximum absolute atomic E-state index is 14.4. The van der Waals surface area contributed by atoms with Gasteiger partial charge in [-0.05, 0) is 108 Å². The van der Waals surface area contributed by atoms with E-state index in [0.717, 1.165) is 43.2 Å². The van der Waals surface area contributed by atoms with Crippen molar-refractivity contribution < 1.29 is 24.5 Å². The Labute approximate surface area is 304 Å². The zero-order valence-electron chi connectivity index (χ0n) is 31.6. The first-order valence-corrected chi connectivity index (χ1v) is 19.9. The molecule has 5 aliphatic carbocycles. The van der Waals surface area contributed by atoms with Crippen LogP contribution in [0.5, 0.6) is 0 Å². The average Bonchev–Trinajstić information content (AvgIpc) is 3.74. The minimum Gasteiger partial charge on any atom is -0.393 e. The zero-order valence-corrected chi connectivity index (χ0v) is 31.6. The smallest absolute Gasteiger partial charge is 0.245 e. The summed E-state index contributed by atoms with van der Waals surface area (Å²) in [6.07, 6.45) is 6.46. The molecule has 1 aliphatic heterocycles. The first-order valence-electron chi connectivity index (χ1n) is 19.9. The fourth-order valence-electron chi connectivity index (χ4n) is 14.1. The number of carbonyl (C=O) groups excluding carboxylic acids is 2. The topological polar surface area (TPSA) is 99.1 Å². The van der Waals surface area contributed by atoms with Crippen molar-refractivity contribution in [2.45, 2.75) is 136 Å². The highest BCUT2D eigenvalue weighted by Gasteiger charge is 2.84. The molecule has 0 bridgehead atoms. The van der Waals surface area contributed by atoms with Gasteiger partial charge in [0, 0.05) is 25.4 Å². The first kappa shape index (κ1) is 35.3. The molecule has 6 fully saturated rings. The molecule has 2 amide bonds. The number of rotatable bonds is 7. The third kappa shape index (κ3) is 4.92. The Morgan fingerprint density at radius 1 is 0.882 bits per heavy atom. The van der Waals surface area contributed by atoms with Gasteiger partial charge in [0.2, 0.25) is 11.8 Å². The van der Waals surface area contributed by atoms with Crippen molar-refractivity contribution >= 4 is 11.8 Å². The van der Waals surface area contributed by atoms with E-state index in [2.05, 4.69) is 39.9 Å².